The maximum absolute atomic E-state index is 12.1. The van der Waals surface area contributed by atoms with E-state index in [2.05, 4.69) is 5.32 Å². The number of fused-ring (bicyclic) bond motifs is 4. The minimum Gasteiger partial charge on any atom is -0.444 e. The minimum absolute atomic E-state index is 0.0184. The fourth-order valence-electron chi connectivity index (χ4n) is 5.34. The second kappa shape index (κ2) is 10.4. The topological polar surface area (TPSA) is 105 Å². The molecule has 2 aromatic rings. The number of β-lactam (4-membered cyclic amide) rings is 1. The van der Waals surface area contributed by atoms with Crippen molar-refractivity contribution in [3.63, 3.8) is 0 Å². The lowest BCUT2D eigenvalue weighted by molar-refractivity contribution is -0.152. The molecule has 4 atom stereocenters. The third-order valence-electron chi connectivity index (χ3n) is 6.87. The summed E-state index contributed by atoms with van der Waals surface area (Å²) < 4.78 is 10.6. The normalized spacial score (nSPS) is 23.2. The highest BCUT2D eigenvalue weighted by Crippen LogP contribution is 2.49. The van der Waals surface area contributed by atoms with Crippen LogP contribution in [0.4, 0.5) is 9.59 Å². The molecule has 2 aliphatic carbocycles. The first-order valence-electron chi connectivity index (χ1n) is 13.1. The number of amides is 3. The number of carbonyl (C=O) groups is 3. The van der Waals surface area contributed by atoms with Crippen LogP contribution in [0.25, 0.3) is 0 Å². The van der Waals surface area contributed by atoms with Crippen LogP contribution in [-0.2, 0) is 27.1 Å². The van der Waals surface area contributed by atoms with Gasteiger partial charge in [0.2, 0.25) is 5.91 Å². The number of aliphatic hydroxyl groups excluding tert-OH is 1. The van der Waals surface area contributed by atoms with E-state index in [1.807, 2.05) is 69.3 Å². The lowest BCUT2D eigenvalue weighted by atomic mass is 9.89. The molecule has 0 aromatic heterocycles. The fourth-order valence-corrected chi connectivity index (χ4v) is 5.34. The molecule has 1 aliphatic heterocycles. The van der Waals surface area contributed by atoms with E-state index in [0.29, 0.717) is 0 Å². The molecule has 2 aromatic carbocycles. The van der Waals surface area contributed by atoms with Crippen molar-refractivity contribution in [1.29, 1.82) is 0 Å². The van der Waals surface area contributed by atoms with Crippen molar-refractivity contribution in [2.45, 2.75) is 77.7 Å². The van der Waals surface area contributed by atoms with E-state index in [-0.39, 0.29) is 36.4 Å². The van der Waals surface area contributed by atoms with E-state index < -0.39 is 23.4 Å². The lowest BCUT2D eigenvalue weighted by Crippen LogP contribution is -2.57. The number of nitrogens with zero attached hydrogens (tertiary/aromatic N) is 1. The van der Waals surface area contributed by atoms with Gasteiger partial charge < -0.3 is 19.9 Å². The number of ether oxygens (including phenoxy) is 2. The zero-order chi connectivity index (χ0) is 27.8. The number of hydrogen-bond acceptors (Lipinski definition) is 6. The van der Waals surface area contributed by atoms with Crippen LogP contribution < -0.4 is 5.32 Å². The standard InChI is InChI=1S/C15H17NO3.C15H21NO3/c1-15(2,3)19-14(18)16-12-10-7-5-4-6-9(10)8-11(12)13(16)17;1-15(2,3)19-14(18)16-13-11(9-17)8-10-6-4-5-7-12(10)13/h4-7,11-12H,8H2,1-3H3;4-7,11,13,17H,8-9H2,1-3H3,(H,16,18)/t11-,12+;11-,13+/m10/s1. The van der Waals surface area contributed by atoms with Gasteiger partial charge in [0.1, 0.15) is 11.2 Å². The first-order valence-corrected chi connectivity index (χ1v) is 13.1. The Morgan fingerprint density at radius 3 is 2.03 bits per heavy atom. The summed E-state index contributed by atoms with van der Waals surface area (Å²) in [4.78, 5) is 37.3. The van der Waals surface area contributed by atoms with Crippen molar-refractivity contribution in [3.05, 3.63) is 70.8 Å². The van der Waals surface area contributed by atoms with E-state index in [4.69, 9.17) is 9.47 Å². The quantitative estimate of drug-likeness (QED) is 0.532. The van der Waals surface area contributed by atoms with Crippen LogP contribution in [0.3, 0.4) is 0 Å². The fraction of sp³-hybridized carbons (Fsp3) is 0.500. The van der Waals surface area contributed by atoms with Crippen molar-refractivity contribution in [2.24, 2.45) is 11.8 Å². The Bertz CT molecular complexity index is 1210. The van der Waals surface area contributed by atoms with Crippen LogP contribution in [0.2, 0.25) is 0 Å². The smallest absolute Gasteiger partial charge is 0.417 e. The summed E-state index contributed by atoms with van der Waals surface area (Å²) in [5.74, 6) is -0.176. The van der Waals surface area contributed by atoms with Crippen LogP contribution in [0, 0.1) is 11.8 Å². The maximum atomic E-state index is 12.1. The molecule has 0 radical (unpaired) electrons. The number of nitrogens with one attached hydrogen (secondary N) is 1. The van der Waals surface area contributed by atoms with Crippen molar-refractivity contribution < 1.29 is 29.0 Å². The third kappa shape index (κ3) is 5.85. The summed E-state index contributed by atoms with van der Waals surface area (Å²) in [6.45, 7) is 10.9. The van der Waals surface area contributed by atoms with Gasteiger partial charge in [0.05, 0.1) is 18.0 Å². The molecule has 204 valence electrons. The molecule has 1 saturated heterocycles. The van der Waals surface area contributed by atoms with Gasteiger partial charge in [-0.15, -0.1) is 0 Å². The zero-order valence-corrected chi connectivity index (χ0v) is 23.0. The molecule has 5 rings (SSSR count). The van der Waals surface area contributed by atoms with E-state index >= 15 is 0 Å². The van der Waals surface area contributed by atoms with Crippen molar-refractivity contribution in [1.82, 2.24) is 10.2 Å². The number of benzene rings is 2. The number of hydrogen-bond donors (Lipinski definition) is 2. The van der Waals surface area contributed by atoms with Crippen molar-refractivity contribution in [2.75, 3.05) is 6.61 Å². The highest BCUT2D eigenvalue weighted by Gasteiger charge is 2.56. The summed E-state index contributed by atoms with van der Waals surface area (Å²) in [5, 5.41) is 12.3. The SMILES string of the molecule is CC(C)(C)OC(=O)N1C(=O)[C@@H]2Cc3ccccc3[C@@H]21.CC(C)(C)OC(=O)N[C@H]1c2ccccc2C[C@H]1CO. The van der Waals surface area contributed by atoms with Crippen molar-refractivity contribution in [3.8, 4) is 0 Å². The summed E-state index contributed by atoms with van der Waals surface area (Å²) in [6.07, 6.45) is 0.551. The average Bonchev–Trinajstić information content (AvgIpc) is 3.33. The average molecular weight is 523 g/mol. The molecular formula is C30H38N2O6. The molecule has 0 bridgehead atoms. The van der Waals surface area contributed by atoms with Gasteiger partial charge in [-0.25, -0.2) is 14.5 Å². The van der Waals surface area contributed by atoms with E-state index in [0.717, 1.165) is 29.5 Å². The number of alkyl carbamates (subject to hydrolysis) is 1. The Labute approximate surface area is 224 Å². The lowest BCUT2D eigenvalue weighted by Gasteiger charge is -2.42. The number of imide groups is 1. The molecule has 2 N–H and O–H groups in total. The maximum Gasteiger partial charge on any atom is 0.417 e. The van der Waals surface area contributed by atoms with E-state index in [9.17, 15) is 19.5 Å². The largest absolute Gasteiger partial charge is 0.444 e. The third-order valence-corrected chi connectivity index (χ3v) is 6.87. The molecule has 8 heteroatoms. The van der Waals surface area contributed by atoms with Crippen LogP contribution in [0.1, 0.15) is 75.9 Å². The summed E-state index contributed by atoms with van der Waals surface area (Å²) in [7, 11) is 0. The Morgan fingerprint density at radius 1 is 0.895 bits per heavy atom. The summed E-state index contributed by atoms with van der Waals surface area (Å²) in [6, 6.07) is 15.6. The van der Waals surface area contributed by atoms with Crippen LogP contribution in [0.5, 0.6) is 0 Å². The summed E-state index contributed by atoms with van der Waals surface area (Å²) in [5.41, 5.74) is 3.40. The van der Waals surface area contributed by atoms with Crippen molar-refractivity contribution >= 4 is 18.1 Å². The Morgan fingerprint density at radius 2 is 1.45 bits per heavy atom. The number of aliphatic hydroxyl groups is 1. The van der Waals surface area contributed by atoms with Gasteiger partial charge in [-0.1, -0.05) is 48.5 Å². The second-order valence-electron chi connectivity index (χ2n) is 12.1. The van der Waals surface area contributed by atoms with Gasteiger partial charge in [0.25, 0.3) is 0 Å². The first kappa shape index (κ1) is 27.6. The predicted molar refractivity (Wildman–Crippen MR) is 142 cm³/mol. The highest BCUT2D eigenvalue weighted by atomic mass is 16.6. The first-order chi connectivity index (χ1) is 17.8. The number of likely N-dealkylation sites (tertiary alicyclic amines) is 1. The van der Waals surface area contributed by atoms with Crippen LogP contribution >= 0.6 is 0 Å². The molecular weight excluding hydrogens is 484 g/mol. The van der Waals surface area contributed by atoms with Gasteiger partial charge >= 0.3 is 12.2 Å². The molecule has 38 heavy (non-hydrogen) atoms. The van der Waals surface area contributed by atoms with Gasteiger partial charge in [-0.3, -0.25) is 4.79 Å². The molecule has 0 saturated carbocycles. The van der Waals surface area contributed by atoms with E-state index in [1.165, 1.54) is 10.5 Å². The zero-order valence-electron chi connectivity index (χ0n) is 23.0. The Balaban J connectivity index is 0.000000177. The van der Waals surface area contributed by atoms with Gasteiger partial charge in [-0.2, -0.15) is 0 Å². The van der Waals surface area contributed by atoms with Gasteiger partial charge in [0.15, 0.2) is 0 Å². The van der Waals surface area contributed by atoms with Gasteiger partial charge in [-0.05, 0) is 76.6 Å². The minimum atomic E-state index is -0.583. The Hall–Kier alpha value is -3.39. The molecule has 1 heterocycles. The highest BCUT2D eigenvalue weighted by molar-refractivity contribution is 6.00. The van der Waals surface area contributed by atoms with E-state index in [1.54, 1.807) is 20.8 Å². The molecule has 3 amide bonds. The molecule has 0 unspecified atom stereocenters. The van der Waals surface area contributed by atoms with Gasteiger partial charge in [0, 0.05) is 12.5 Å². The second-order valence-corrected chi connectivity index (χ2v) is 12.1. The van der Waals surface area contributed by atoms with Crippen LogP contribution in [-0.4, -0.2) is 45.9 Å². The predicted octanol–water partition coefficient (Wildman–Crippen LogP) is 5.09. The van der Waals surface area contributed by atoms with Crippen LogP contribution in [0.15, 0.2) is 48.5 Å². The number of rotatable bonds is 2. The molecule has 8 nitrogen and oxygen atoms in total. The Kier molecular flexibility index (Phi) is 7.57. The monoisotopic (exact) mass is 522 g/mol. The molecule has 1 fully saturated rings. The summed E-state index contributed by atoms with van der Waals surface area (Å²) >= 11 is 0. The number of carbonyl (C=O) groups excluding carboxylic acids is 3. The molecule has 0 spiro atoms. The molecule has 3 aliphatic rings.